The van der Waals surface area contributed by atoms with Crippen LogP contribution >= 0.6 is 11.8 Å². The highest BCUT2D eigenvalue weighted by atomic mass is 32.2. The van der Waals surface area contributed by atoms with Crippen LogP contribution in [0.1, 0.15) is 12.8 Å². The number of aliphatic carboxylic acids is 1. The molecule has 4 heteroatoms. The van der Waals surface area contributed by atoms with Gasteiger partial charge in [0, 0.05) is 17.9 Å². The zero-order valence-corrected chi connectivity index (χ0v) is 6.86. The molecule has 0 amide bonds. The Hall–Kier alpha value is -0.640. The number of aliphatic hydroxyl groups is 1. The van der Waals surface area contributed by atoms with E-state index in [4.69, 9.17) is 5.11 Å². The largest absolute Gasteiger partial charge is 0.512 e. The van der Waals surface area contributed by atoms with Crippen LogP contribution in [0, 0.1) is 0 Å². The molecule has 0 spiro atoms. The van der Waals surface area contributed by atoms with Gasteiger partial charge in [-0.3, -0.25) is 4.79 Å². The predicted molar refractivity (Wildman–Crippen MR) is 43.8 cm³/mol. The average Bonchev–Trinajstić information content (AvgIpc) is 1.93. The first kappa shape index (κ1) is 8.46. The number of carboxylic acid groups (broad SMARTS) is 1. The number of aliphatic hydroxyl groups excluding tert-OH is 1. The number of thioether (sulfide) groups is 1. The Kier molecular flexibility index (Phi) is 2.82. The minimum Gasteiger partial charge on any atom is -0.512 e. The van der Waals surface area contributed by atoms with Crippen molar-refractivity contribution in [2.24, 2.45) is 0 Å². The summed E-state index contributed by atoms with van der Waals surface area (Å²) in [6.07, 6.45) is 0.603. The quantitative estimate of drug-likeness (QED) is 0.664. The number of carboxylic acids is 1. The third-order valence-corrected chi connectivity index (χ3v) is 2.58. The second kappa shape index (κ2) is 3.67. The second-order valence-corrected chi connectivity index (χ2v) is 3.53. The van der Waals surface area contributed by atoms with Gasteiger partial charge >= 0.3 is 5.97 Å². The van der Waals surface area contributed by atoms with Crippen molar-refractivity contribution in [1.82, 2.24) is 0 Å². The second-order valence-electron chi connectivity index (χ2n) is 2.42. The highest BCUT2D eigenvalue weighted by Gasteiger charge is 2.14. The zero-order chi connectivity index (χ0) is 8.27. The Bertz CT molecular complexity index is 198. The van der Waals surface area contributed by atoms with Crippen molar-refractivity contribution in [3.05, 3.63) is 11.3 Å². The maximum absolute atomic E-state index is 10.3. The van der Waals surface area contributed by atoms with E-state index in [1.54, 1.807) is 11.8 Å². The predicted octanol–water partition coefficient (Wildman–Crippen LogP) is 1.41. The first-order chi connectivity index (χ1) is 5.20. The van der Waals surface area contributed by atoms with E-state index in [0.717, 1.165) is 5.75 Å². The molecule has 1 rings (SSSR count). The van der Waals surface area contributed by atoms with Crippen molar-refractivity contribution >= 4 is 17.7 Å². The lowest BCUT2D eigenvalue weighted by atomic mass is 10.1. The summed E-state index contributed by atoms with van der Waals surface area (Å²) in [6, 6.07) is 0. The molecule has 0 radical (unpaired) electrons. The van der Waals surface area contributed by atoms with E-state index in [1.807, 2.05) is 0 Å². The maximum Gasteiger partial charge on any atom is 0.307 e. The van der Waals surface area contributed by atoms with Gasteiger partial charge in [0.05, 0.1) is 12.2 Å². The Labute approximate surface area is 69.1 Å². The summed E-state index contributed by atoms with van der Waals surface area (Å²) in [5.41, 5.74) is 0.675. The van der Waals surface area contributed by atoms with Gasteiger partial charge in [-0.05, 0) is 5.57 Å². The molecule has 1 aliphatic heterocycles. The Morgan fingerprint density at radius 1 is 1.64 bits per heavy atom. The van der Waals surface area contributed by atoms with E-state index >= 15 is 0 Å². The van der Waals surface area contributed by atoms with Gasteiger partial charge < -0.3 is 10.2 Å². The summed E-state index contributed by atoms with van der Waals surface area (Å²) < 4.78 is 0. The van der Waals surface area contributed by atoms with Crippen LogP contribution in [0.25, 0.3) is 0 Å². The lowest BCUT2D eigenvalue weighted by molar-refractivity contribution is -0.136. The van der Waals surface area contributed by atoms with Crippen LogP contribution in [0.5, 0.6) is 0 Å². The fraction of sp³-hybridized carbons (Fsp3) is 0.571. The molecular formula is C7H10O3S. The lowest BCUT2D eigenvalue weighted by Gasteiger charge is -2.13. The van der Waals surface area contributed by atoms with Crippen LogP contribution in [0.2, 0.25) is 0 Å². The molecule has 3 nitrogen and oxygen atoms in total. The van der Waals surface area contributed by atoms with Crippen LogP contribution in [-0.2, 0) is 4.79 Å². The van der Waals surface area contributed by atoms with Gasteiger partial charge in [-0.2, -0.15) is 11.8 Å². The van der Waals surface area contributed by atoms with Crippen LogP contribution in [0.15, 0.2) is 11.3 Å². The molecule has 11 heavy (non-hydrogen) atoms. The van der Waals surface area contributed by atoms with Gasteiger partial charge in [-0.1, -0.05) is 0 Å². The fourth-order valence-corrected chi connectivity index (χ4v) is 1.96. The van der Waals surface area contributed by atoms with E-state index in [9.17, 15) is 9.90 Å². The molecule has 2 N–H and O–H groups in total. The van der Waals surface area contributed by atoms with Crippen molar-refractivity contribution in [2.75, 3.05) is 11.5 Å². The number of hydrogen-bond donors (Lipinski definition) is 2. The smallest absolute Gasteiger partial charge is 0.307 e. The highest BCUT2D eigenvalue weighted by molar-refractivity contribution is 7.99. The molecule has 1 aliphatic rings. The van der Waals surface area contributed by atoms with Crippen molar-refractivity contribution < 1.29 is 15.0 Å². The lowest BCUT2D eigenvalue weighted by Crippen LogP contribution is -2.07. The van der Waals surface area contributed by atoms with Gasteiger partial charge in [0.2, 0.25) is 0 Å². The molecule has 0 aromatic heterocycles. The molecule has 0 saturated carbocycles. The molecular weight excluding hydrogens is 164 g/mol. The molecule has 0 aromatic rings. The monoisotopic (exact) mass is 174 g/mol. The molecule has 0 fully saturated rings. The average molecular weight is 174 g/mol. The van der Waals surface area contributed by atoms with Crippen LogP contribution in [0.3, 0.4) is 0 Å². The molecule has 0 unspecified atom stereocenters. The third kappa shape index (κ3) is 2.46. The topological polar surface area (TPSA) is 57.5 Å². The summed E-state index contributed by atoms with van der Waals surface area (Å²) in [4.78, 5) is 10.3. The molecule has 0 aromatic carbocycles. The Morgan fingerprint density at radius 3 is 2.91 bits per heavy atom. The first-order valence-electron chi connectivity index (χ1n) is 3.39. The van der Waals surface area contributed by atoms with E-state index in [2.05, 4.69) is 0 Å². The van der Waals surface area contributed by atoms with E-state index in [-0.39, 0.29) is 12.2 Å². The van der Waals surface area contributed by atoms with Crippen LogP contribution < -0.4 is 0 Å². The maximum atomic E-state index is 10.3. The zero-order valence-electron chi connectivity index (χ0n) is 6.04. The molecule has 1 heterocycles. The van der Waals surface area contributed by atoms with Crippen LogP contribution in [-0.4, -0.2) is 27.7 Å². The molecule has 0 saturated heterocycles. The summed E-state index contributed by atoms with van der Waals surface area (Å²) in [5, 5.41) is 17.6. The van der Waals surface area contributed by atoms with Gasteiger partial charge in [0.15, 0.2) is 0 Å². The summed E-state index contributed by atoms with van der Waals surface area (Å²) in [7, 11) is 0. The van der Waals surface area contributed by atoms with Crippen LogP contribution in [0.4, 0.5) is 0 Å². The van der Waals surface area contributed by atoms with E-state index < -0.39 is 5.97 Å². The summed E-state index contributed by atoms with van der Waals surface area (Å²) in [5.74, 6) is 0.979. The third-order valence-electron chi connectivity index (χ3n) is 1.53. The Balaban J connectivity index is 2.59. The van der Waals surface area contributed by atoms with Crippen molar-refractivity contribution in [1.29, 1.82) is 0 Å². The van der Waals surface area contributed by atoms with Gasteiger partial charge in [0.1, 0.15) is 0 Å². The van der Waals surface area contributed by atoms with E-state index in [1.165, 1.54) is 0 Å². The Morgan fingerprint density at radius 2 is 2.36 bits per heavy atom. The number of carbonyl (C=O) groups is 1. The molecule has 0 aliphatic carbocycles. The fourth-order valence-electron chi connectivity index (χ4n) is 0.960. The van der Waals surface area contributed by atoms with Crippen molar-refractivity contribution in [2.45, 2.75) is 12.8 Å². The summed E-state index contributed by atoms with van der Waals surface area (Å²) >= 11 is 1.67. The SMILES string of the molecule is O=C(O)CC1=C(O)CCSC1. The molecule has 0 bridgehead atoms. The number of allylic oxidation sites excluding steroid dienone is 1. The van der Waals surface area contributed by atoms with Gasteiger partial charge in [-0.25, -0.2) is 0 Å². The minimum atomic E-state index is -0.867. The normalized spacial score (nSPS) is 18.5. The highest BCUT2D eigenvalue weighted by Crippen LogP contribution is 2.23. The van der Waals surface area contributed by atoms with E-state index in [0.29, 0.717) is 17.7 Å². The minimum absolute atomic E-state index is 0.0150. The summed E-state index contributed by atoms with van der Waals surface area (Å²) in [6.45, 7) is 0. The van der Waals surface area contributed by atoms with Gasteiger partial charge in [0.25, 0.3) is 0 Å². The first-order valence-corrected chi connectivity index (χ1v) is 4.55. The number of hydrogen-bond acceptors (Lipinski definition) is 3. The standard InChI is InChI=1S/C7H10O3S/c8-6-1-2-11-4-5(6)3-7(9)10/h8H,1-4H2,(H,9,10). The van der Waals surface area contributed by atoms with Gasteiger partial charge in [-0.15, -0.1) is 0 Å². The van der Waals surface area contributed by atoms with Crippen molar-refractivity contribution in [3.8, 4) is 0 Å². The molecule has 62 valence electrons. The molecule has 0 atom stereocenters. The number of rotatable bonds is 2. The van der Waals surface area contributed by atoms with Crippen molar-refractivity contribution in [3.63, 3.8) is 0 Å².